The van der Waals surface area contributed by atoms with Gasteiger partial charge in [-0.25, -0.2) is 10.4 Å². The van der Waals surface area contributed by atoms with E-state index in [0.29, 0.717) is 17.0 Å². The predicted octanol–water partition coefficient (Wildman–Crippen LogP) is 2.35. The third-order valence-electron chi connectivity index (χ3n) is 2.98. The molecule has 0 spiro atoms. The first-order valence-electron chi connectivity index (χ1n) is 6.70. The molecule has 0 amide bonds. The second kappa shape index (κ2) is 6.41. The van der Waals surface area contributed by atoms with Crippen LogP contribution in [0, 0.1) is 11.3 Å². The van der Waals surface area contributed by atoms with E-state index in [4.69, 9.17) is 4.42 Å². The summed E-state index contributed by atoms with van der Waals surface area (Å²) in [7, 11) is 0. The van der Waals surface area contributed by atoms with Crippen LogP contribution in [0.15, 0.2) is 63.0 Å². The number of furan rings is 1. The summed E-state index contributed by atoms with van der Waals surface area (Å²) in [4.78, 5) is 18.8. The van der Waals surface area contributed by atoms with E-state index in [-0.39, 0.29) is 11.5 Å². The molecule has 112 valence electrons. The quantitative estimate of drug-likeness (QED) is 0.568. The third kappa shape index (κ3) is 3.16. The first-order chi connectivity index (χ1) is 11.3. The van der Waals surface area contributed by atoms with Gasteiger partial charge in [0.05, 0.1) is 18.2 Å². The largest absolute Gasteiger partial charge is 0.463 e. The fraction of sp³-hybridized carbons (Fsp3) is 0. The Balaban J connectivity index is 1.95. The van der Waals surface area contributed by atoms with Crippen LogP contribution < -0.4 is 11.0 Å². The van der Waals surface area contributed by atoms with Crippen LogP contribution in [0.1, 0.15) is 11.3 Å². The van der Waals surface area contributed by atoms with Gasteiger partial charge < -0.3 is 4.42 Å². The summed E-state index contributed by atoms with van der Waals surface area (Å²) in [5, 5.41) is 13.1. The number of nitrogens with one attached hydrogen (secondary N) is 2. The van der Waals surface area contributed by atoms with Crippen molar-refractivity contribution in [3.05, 3.63) is 70.4 Å². The molecule has 0 aliphatic heterocycles. The van der Waals surface area contributed by atoms with Gasteiger partial charge in [0.1, 0.15) is 17.4 Å². The molecule has 0 saturated carbocycles. The van der Waals surface area contributed by atoms with Gasteiger partial charge in [-0.15, -0.1) is 0 Å². The molecule has 3 aromatic rings. The van der Waals surface area contributed by atoms with E-state index in [9.17, 15) is 10.1 Å². The van der Waals surface area contributed by atoms with Crippen LogP contribution in [0.5, 0.6) is 0 Å². The molecular formula is C16H11N5O2. The molecule has 0 aliphatic rings. The van der Waals surface area contributed by atoms with Gasteiger partial charge in [-0.2, -0.15) is 10.4 Å². The molecular weight excluding hydrogens is 294 g/mol. The highest BCUT2D eigenvalue weighted by Crippen LogP contribution is 2.19. The number of nitriles is 1. The summed E-state index contributed by atoms with van der Waals surface area (Å²) in [5.74, 6) is 0.687. The maximum Gasteiger partial charge on any atom is 0.270 e. The van der Waals surface area contributed by atoms with E-state index in [0.717, 1.165) is 0 Å². The number of H-pyrrole nitrogens is 1. The van der Waals surface area contributed by atoms with Gasteiger partial charge in [-0.3, -0.25) is 9.78 Å². The molecule has 7 nitrogen and oxygen atoms in total. The molecule has 2 aromatic heterocycles. The standard InChI is InChI=1S/C16H11N5O2/c17-9-13-14(11-5-2-1-3-6-11)19-16(20-15(13)22)21-18-10-12-7-4-8-23-12/h1-8,10H,(H2,19,20,21,22)/b18-10+. The Hall–Kier alpha value is -3.66. The number of hydrogen-bond acceptors (Lipinski definition) is 6. The van der Waals surface area contributed by atoms with Crippen LogP contribution in [0.25, 0.3) is 11.3 Å². The van der Waals surface area contributed by atoms with Crippen LogP contribution in [0.4, 0.5) is 5.95 Å². The minimum atomic E-state index is -0.531. The molecule has 0 saturated heterocycles. The molecule has 0 atom stereocenters. The number of rotatable bonds is 4. The van der Waals surface area contributed by atoms with Gasteiger partial charge >= 0.3 is 0 Å². The van der Waals surface area contributed by atoms with Crippen molar-refractivity contribution in [3.8, 4) is 17.3 Å². The number of aromatic nitrogens is 2. The molecule has 3 rings (SSSR count). The zero-order valence-corrected chi connectivity index (χ0v) is 11.9. The van der Waals surface area contributed by atoms with Crippen molar-refractivity contribution < 1.29 is 4.42 Å². The number of nitrogens with zero attached hydrogens (tertiary/aromatic N) is 3. The molecule has 0 bridgehead atoms. The maximum absolute atomic E-state index is 12.0. The lowest BCUT2D eigenvalue weighted by molar-refractivity contribution is 0.560. The average Bonchev–Trinajstić information content (AvgIpc) is 3.08. The Morgan fingerprint density at radius 1 is 1.26 bits per heavy atom. The Bertz CT molecular complexity index is 921. The molecule has 2 heterocycles. The van der Waals surface area contributed by atoms with Gasteiger partial charge in [-0.05, 0) is 12.1 Å². The van der Waals surface area contributed by atoms with Crippen LogP contribution in [-0.2, 0) is 0 Å². The monoisotopic (exact) mass is 305 g/mol. The highest BCUT2D eigenvalue weighted by Gasteiger charge is 2.12. The molecule has 0 fully saturated rings. The average molecular weight is 305 g/mol. The first-order valence-corrected chi connectivity index (χ1v) is 6.70. The molecule has 1 aromatic carbocycles. The lowest BCUT2D eigenvalue weighted by atomic mass is 10.1. The Kier molecular flexibility index (Phi) is 3.98. The number of anilines is 1. The van der Waals surface area contributed by atoms with E-state index in [1.54, 1.807) is 24.3 Å². The van der Waals surface area contributed by atoms with Crippen molar-refractivity contribution in [2.75, 3.05) is 5.43 Å². The van der Waals surface area contributed by atoms with Crippen LogP contribution >= 0.6 is 0 Å². The summed E-state index contributed by atoms with van der Waals surface area (Å²) in [5.41, 5.74) is 3.02. The number of benzene rings is 1. The van der Waals surface area contributed by atoms with E-state index < -0.39 is 5.56 Å². The highest BCUT2D eigenvalue weighted by atomic mass is 16.3. The summed E-state index contributed by atoms with van der Waals surface area (Å²) >= 11 is 0. The number of hydrogen-bond donors (Lipinski definition) is 2. The molecule has 0 unspecified atom stereocenters. The molecule has 23 heavy (non-hydrogen) atoms. The Labute approximate surface area is 130 Å². The first kappa shape index (κ1) is 14.3. The topological polar surface area (TPSA) is 107 Å². The third-order valence-corrected chi connectivity index (χ3v) is 2.98. The summed E-state index contributed by atoms with van der Waals surface area (Å²) < 4.78 is 5.10. The van der Waals surface area contributed by atoms with Crippen molar-refractivity contribution in [2.45, 2.75) is 0 Å². The predicted molar refractivity (Wildman–Crippen MR) is 84.9 cm³/mol. The molecule has 2 N–H and O–H groups in total. The zero-order valence-electron chi connectivity index (χ0n) is 11.9. The minimum Gasteiger partial charge on any atom is -0.463 e. The second-order valence-electron chi connectivity index (χ2n) is 4.50. The van der Waals surface area contributed by atoms with Crippen molar-refractivity contribution in [1.82, 2.24) is 9.97 Å². The fourth-order valence-electron chi connectivity index (χ4n) is 1.96. The highest BCUT2D eigenvalue weighted by molar-refractivity contribution is 5.76. The van der Waals surface area contributed by atoms with Gasteiger partial charge in [-0.1, -0.05) is 30.3 Å². The Morgan fingerprint density at radius 3 is 2.78 bits per heavy atom. The Morgan fingerprint density at radius 2 is 2.09 bits per heavy atom. The van der Waals surface area contributed by atoms with Gasteiger partial charge in [0.15, 0.2) is 0 Å². The van der Waals surface area contributed by atoms with Gasteiger partial charge in [0.25, 0.3) is 5.56 Å². The van der Waals surface area contributed by atoms with Crippen molar-refractivity contribution in [3.63, 3.8) is 0 Å². The van der Waals surface area contributed by atoms with Crippen LogP contribution in [-0.4, -0.2) is 16.2 Å². The molecule has 7 heteroatoms. The minimum absolute atomic E-state index is 0.0447. The van der Waals surface area contributed by atoms with E-state index >= 15 is 0 Å². The summed E-state index contributed by atoms with van der Waals surface area (Å²) in [6, 6.07) is 14.4. The van der Waals surface area contributed by atoms with Crippen molar-refractivity contribution >= 4 is 12.2 Å². The van der Waals surface area contributed by atoms with Crippen molar-refractivity contribution in [2.24, 2.45) is 5.10 Å². The number of aromatic amines is 1. The molecule has 0 radical (unpaired) electrons. The fourth-order valence-corrected chi connectivity index (χ4v) is 1.96. The lowest BCUT2D eigenvalue weighted by Crippen LogP contribution is -2.16. The normalized spacial score (nSPS) is 10.6. The van der Waals surface area contributed by atoms with E-state index in [1.807, 2.05) is 24.3 Å². The smallest absolute Gasteiger partial charge is 0.270 e. The maximum atomic E-state index is 12.0. The second-order valence-corrected chi connectivity index (χ2v) is 4.50. The van der Waals surface area contributed by atoms with Gasteiger partial charge in [0.2, 0.25) is 5.95 Å². The van der Waals surface area contributed by atoms with E-state index in [1.165, 1.54) is 12.5 Å². The summed E-state index contributed by atoms with van der Waals surface area (Å²) in [6.45, 7) is 0. The van der Waals surface area contributed by atoms with E-state index in [2.05, 4.69) is 20.5 Å². The summed E-state index contributed by atoms with van der Waals surface area (Å²) in [6.07, 6.45) is 2.97. The van der Waals surface area contributed by atoms with Gasteiger partial charge in [0, 0.05) is 5.56 Å². The van der Waals surface area contributed by atoms with Crippen LogP contribution in [0.3, 0.4) is 0 Å². The molecule has 0 aliphatic carbocycles. The van der Waals surface area contributed by atoms with Crippen LogP contribution in [0.2, 0.25) is 0 Å². The zero-order chi connectivity index (χ0) is 16.1. The SMILES string of the molecule is N#Cc1c(-c2ccccc2)nc(N/N=C/c2ccco2)[nH]c1=O. The number of hydrazone groups is 1. The lowest BCUT2D eigenvalue weighted by Gasteiger charge is -2.05. The van der Waals surface area contributed by atoms with Crippen molar-refractivity contribution in [1.29, 1.82) is 5.26 Å².